The summed E-state index contributed by atoms with van der Waals surface area (Å²) in [5, 5.41) is 3.37. The molecule has 180 valence electrons. The molecule has 1 atom stereocenters. The van der Waals surface area contributed by atoms with Gasteiger partial charge in [-0.05, 0) is 54.8 Å². The zero-order valence-electron chi connectivity index (χ0n) is 20.5. The molecule has 0 bridgehead atoms. The maximum atomic E-state index is 13.3. The highest BCUT2D eigenvalue weighted by Gasteiger charge is 2.28. The molecule has 1 aliphatic rings. The molecule has 0 aromatic heterocycles. The van der Waals surface area contributed by atoms with Crippen LogP contribution < -0.4 is 29.9 Å². The van der Waals surface area contributed by atoms with E-state index in [2.05, 4.69) is 5.32 Å². The van der Waals surface area contributed by atoms with Crippen molar-refractivity contribution in [2.45, 2.75) is 25.2 Å². The molecule has 8 nitrogen and oxygen atoms in total. The van der Waals surface area contributed by atoms with Crippen molar-refractivity contribution in [1.82, 2.24) is 5.32 Å². The lowest BCUT2D eigenvalue weighted by Crippen LogP contribution is -2.33. The second kappa shape index (κ2) is 10.9. The Balaban J connectivity index is 2.28. The number of fused-ring (bicyclic) bond motifs is 3. The van der Waals surface area contributed by atoms with Crippen molar-refractivity contribution >= 4 is 5.69 Å². The van der Waals surface area contributed by atoms with Crippen LogP contribution in [0.1, 0.15) is 23.6 Å². The van der Waals surface area contributed by atoms with Crippen LogP contribution in [0.15, 0.2) is 29.1 Å². The minimum atomic E-state index is -0.444. The smallest absolute Gasteiger partial charge is 0.203 e. The van der Waals surface area contributed by atoms with E-state index in [9.17, 15) is 4.79 Å². The molecule has 2 aromatic carbocycles. The first-order chi connectivity index (χ1) is 15.9. The largest absolute Gasteiger partial charge is 0.493 e. The van der Waals surface area contributed by atoms with Gasteiger partial charge in [-0.15, -0.1) is 0 Å². The van der Waals surface area contributed by atoms with Crippen LogP contribution in [0, 0.1) is 0 Å². The Labute approximate surface area is 195 Å². The van der Waals surface area contributed by atoms with Gasteiger partial charge in [0.15, 0.2) is 17.8 Å². The summed E-state index contributed by atoms with van der Waals surface area (Å²) in [4.78, 5) is 15.2. The molecule has 0 radical (unpaired) electrons. The molecular weight excluding hydrogens is 424 g/mol. The van der Waals surface area contributed by atoms with Gasteiger partial charge >= 0.3 is 0 Å². The fourth-order valence-corrected chi connectivity index (χ4v) is 4.49. The van der Waals surface area contributed by atoms with Crippen LogP contribution in [0.3, 0.4) is 0 Å². The number of hydrogen-bond donors (Lipinski definition) is 1. The normalized spacial score (nSPS) is 14.8. The van der Waals surface area contributed by atoms with Gasteiger partial charge in [-0.1, -0.05) is 6.07 Å². The summed E-state index contributed by atoms with van der Waals surface area (Å²) in [5.74, 6) is 1.74. The molecule has 0 unspecified atom stereocenters. The highest BCUT2D eigenvalue weighted by molar-refractivity contribution is 5.83. The van der Waals surface area contributed by atoms with Gasteiger partial charge in [0.2, 0.25) is 11.2 Å². The fraction of sp³-hybridized carbons (Fsp3) is 0.480. The maximum Gasteiger partial charge on any atom is 0.203 e. The molecule has 1 N–H and O–H groups in total. The Morgan fingerprint density at radius 2 is 1.73 bits per heavy atom. The monoisotopic (exact) mass is 458 g/mol. The Kier molecular flexibility index (Phi) is 8.18. The molecule has 0 saturated heterocycles. The molecule has 2 aromatic rings. The molecule has 0 amide bonds. The Hall–Kier alpha value is -2.81. The van der Waals surface area contributed by atoms with Crippen LogP contribution in [0.4, 0.5) is 5.69 Å². The number of hydrogen-bond acceptors (Lipinski definition) is 8. The Morgan fingerprint density at radius 1 is 1.03 bits per heavy atom. The predicted molar refractivity (Wildman–Crippen MR) is 129 cm³/mol. The van der Waals surface area contributed by atoms with Crippen molar-refractivity contribution < 1.29 is 23.7 Å². The van der Waals surface area contributed by atoms with Gasteiger partial charge in [-0.25, -0.2) is 0 Å². The molecule has 0 spiro atoms. The second-order valence-electron chi connectivity index (χ2n) is 7.94. The first-order valence-electron chi connectivity index (χ1n) is 10.9. The summed E-state index contributed by atoms with van der Waals surface area (Å²) < 4.78 is 27.7. The summed E-state index contributed by atoms with van der Waals surface area (Å²) in [7, 11) is 11.8. The lowest BCUT2D eigenvalue weighted by molar-refractivity contribution is -0.0944. The lowest BCUT2D eigenvalue weighted by atomic mass is 9.95. The van der Waals surface area contributed by atoms with Crippen molar-refractivity contribution in [1.29, 1.82) is 0 Å². The first kappa shape index (κ1) is 24.8. The maximum absolute atomic E-state index is 13.3. The number of nitrogens with zero attached hydrogens (tertiary/aromatic N) is 1. The SMILES string of the molecule is CN[C@@H]1CCc2cc(OC)c(OC)c(OC)c2-c2ccc(N(C)CC(OC)OC)c(=O)cc21. The Morgan fingerprint density at radius 3 is 2.30 bits per heavy atom. The van der Waals surface area contributed by atoms with Gasteiger partial charge in [0.05, 0.1) is 33.6 Å². The van der Waals surface area contributed by atoms with Gasteiger partial charge in [0.1, 0.15) is 0 Å². The van der Waals surface area contributed by atoms with Crippen molar-refractivity contribution in [2.24, 2.45) is 0 Å². The molecular formula is C25H34N2O6. The van der Waals surface area contributed by atoms with Gasteiger partial charge in [0, 0.05) is 32.9 Å². The molecule has 1 aliphatic carbocycles. The molecule has 0 saturated carbocycles. The van der Waals surface area contributed by atoms with Crippen molar-refractivity contribution in [2.75, 3.05) is 61.1 Å². The third-order valence-corrected chi connectivity index (χ3v) is 6.23. The van der Waals surface area contributed by atoms with E-state index in [0.717, 1.165) is 35.1 Å². The number of methoxy groups -OCH3 is 5. The first-order valence-corrected chi connectivity index (χ1v) is 10.9. The minimum Gasteiger partial charge on any atom is -0.493 e. The summed E-state index contributed by atoms with van der Waals surface area (Å²) in [5.41, 5.74) is 4.31. The van der Waals surface area contributed by atoms with Crippen LogP contribution in [-0.4, -0.2) is 62.5 Å². The number of benzene rings is 1. The highest BCUT2D eigenvalue weighted by atomic mass is 16.7. The molecule has 33 heavy (non-hydrogen) atoms. The second-order valence-corrected chi connectivity index (χ2v) is 7.94. The Bertz CT molecular complexity index is 1040. The summed E-state index contributed by atoms with van der Waals surface area (Å²) in [6.45, 7) is 0.414. The summed E-state index contributed by atoms with van der Waals surface area (Å²) in [6.07, 6.45) is 1.17. The standard InChI is InChI=1S/C25H34N2O6/c1-26-18-10-8-15-12-21(29-3)24(32-6)25(33-7)23(15)16-9-11-19(20(28)13-17(16)18)27(2)14-22(30-4)31-5/h9,11-13,18,22,26H,8,10,14H2,1-7H3/t18-/m1/s1. The third-order valence-electron chi connectivity index (χ3n) is 6.23. The number of anilines is 1. The van der Waals surface area contributed by atoms with Crippen LogP contribution in [0.2, 0.25) is 0 Å². The van der Waals surface area contributed by atoms with Gasteiger partial charge in [0.25, 0.3) is 0 Å². The number of rotatable bonds is 9. The van der Waals surface area contributed by atoms with Crippen molar-refractivity contribution in [3.05, 3.63) is 45.6 Å². The quantitative estimate of drug-likeness (QED) is 0.575. The van der Waals surface area contributed by atoms with E-state index in [1.54, 1.807) is 41.6 Å². The minimum absolute atomic E-state index is 0.00180. The molecule has 0 aliphatic heterocycles. The van der Waals surface area contributed by atoms with E-state index in [0.29, 0.717) is 29.5 Å². The number of likely N-dealkylation sites (N-methyl/N-ethyl adjacent to an activating group) is 1. The zero-order chi connectivity index (χ0) is 24.1. The predicted octanol–water partition coefficient (Wildman–Crippen LogP) is 3.00. The van der Waals surface area contributed by atoms with Crippen molar-refractivity contribution in [3.8, 4) is 28.4 Å². The topological polar surface area (TPSA) is 78.5 Å². The van der Waals surface area contributed by atoms with E-state index >= 15 is 0 Å². The molecule has 8 heteroatoms. The average Bonchev–Trinajstić information content (AvgIpc) is 3.08. The fourth-order valence-electron chi connectivity index (χ4n) is 4.49. The van der Waals surface area contributed by atoms with Crippen molar-refractivity contribution in [3.63, 3.8) is 0 Å². The number of aryl methyl sites for hydroxylation is 1. The van der Waals surface area contributed by atoms with Crippen LogP contribution in [0.25, 0.3) is 11.1 Å². The van der Waals surface area contributed by atoms with E-state index in [-0.39, 0.29) is 11.5 Å². The molecule has 3 rings (SSSR count). The average molecular weight is 459 g/mol. The third kappa shape index (κ3) is 4.78. The van der Waals surface area contributed by atoms with Crippen LogP contribution in [-0.2, 0) is 15.9 Å². The van der Waals surface area contributed by atoms with Gasteiger partial charge < -0.3 is 33.9 Å². The lowest BCUT2D eigenvalue weighted by Gasteiger charge is -2.22. The summed E-state index contributed by atoms with van der Waals surface area (Å²) in [6, 6.07) is 7.56. The van der Waals surface area contributed by atoms with Crippen LogP contribution in [0.5, 0.6) is 17.2 Å². The summed E-state index contributed by atoms with van der Waals surface area (Å²) >= 11 is 0. The highest BCUT2D eigenvalue weighted by Crippen LogP contribution is 2.50. The van der Waals surface area contributed by atoms with E-state index in [1.165, 1.54) is 0 Å². The molecule has 0 heterocycles. The zero-order valence-corrected chi connectivity index (χ0v) is 20.5. The number of ether oxygens (including phenoxy) is 5. The van der Waals surface area contributed by atoms with Gasteiger partial charge in [-0.3, -0.25) is 4.79 Å². The van der Waals surface area contributed by atoms with E-state index in [4.69, 9.17) is 23.7 Å². The van der Waals surface area contributed by atoms with Gasteiger partial charge in [-0.2, -0.15) is 0 Å². The van der Waals surface area contributed by atoms with E-state index in [1.807, 2.05) is 37.2 Å². The van der Waals surface area contributed by atoms with Crippen LogP contribution >= 0.6 is 0 Å². The number of nitrogens with one attached hydrogen (secondary N) is 1. The molecule has 0 fully saturated rings. The van der Waals surface area contributed by atoms with E-state index < -0.39 is 6.29 Å².